The molecule has 1 fully saturated rings. The summed E-state index contributed by atoms with van der Waals surface area (Å²) in [4.78, 5) is 6.18. The van der Waals surface area contributed by atoms with Crippen molar-refractivity contribution in [3.05, 3.63) is 10.2 Å². The summed E-state index contributed by atoms with van der Waals surface area (Å²) in [5, 5.41) is 0. The predicted molar refractivity (Wildman–Crippen MR) is 77.3 cm³/mol. The molecule has 0 aliphatic carbocycles. The number of sulfonamides is 1. The summed E-state index contributed by atoms with van der Waals surface area (Å²) in [6.07, 6.45) is 2.17. The Morgan fingerprint density at radius 1 is 1.58 bits per heavy atom. The monoisotopic (exact) mass is 323 g/mol. The summed E-state index contributed by atoms with van der Waals surface area (Å²) < 4.78 is 26.9. The molecular formula is C11H18ClN3O2S2. The van der Waals surface area contributed by atoms with Gasteiger partial charge in [0.1, 0.15) is 0 Å². The number of nitrogens with zero attached hydrogens (tertiary/aromatic N) is 3. The average molecular weight is 324 g/mol. The summed E-state index contributed by atoms with van der Waals surface area (Å²) in [7, 11) is 0.173. The fraction of sp³-hybridized carbons (Fsp3) is 0.727. The molecule has 0 saturated carbocycles. The first-order chi connectivity index (χ1) is 8.82. The molecule has 0 bridgehead atoms. The SMILES string of the molecule is Cc1nc(Cl)sc1S(=O)(=O)N(C)CC1CCCN1C. The molecule has 5 nitrogen and oxygen atoms in total. The molecule has 1 aromatic rings. The van der Waals surface area contributed by atoms with Gasteiger partial charge in [0.2, 0.25) is 0 Å². The zero-order valence-corrected chi connectivity index (χ0v) is 13.6. The zero-order chi connectivity index (χ0) is 14.2. The Labute approximate surface area is 123 Å². The maximum atomic E-state index is 12.5. The van der Waals surface area contributed by atoms with Crippen LogP contribution in [0.3, 0.4) is 0 Å². The van der Waals surface area contributed by atoms with Gasteiger partial charge in [-0.2, -0.15) is 4.31 Å². The van der Waals surface area contributed by atoms with Crippen LogP contribution >= 0.6 is 22.9 Å². The Morgan fingerprint density at radius 2 is 2.26 bits per heavy atom. The second-order valence-electron chi connectivity index (χ2n) is 4.90. The molecule has 1 saturated heterocycles. The molecule has 0 spiro atoms. The van der Waals surface area contributed by atoms with E-state index >= 15 is 0 Å². The summed E-state index contributed by atoms with van der Waals surface area (Å²) in [5.41, 5.74) is 0.474. The van der Waals surface area contributed by atoms with Gasteiger partial charge in [-0.3, -0.25) is 0 Å². The molecule has 0 aromatic carbocycles. The zero-order valence-electron chi connectivity index (χ0n) is 11.3. The molecule has 1 unspecified atom stereocenters. The van der Waals surface area contributed by atoms with Gasteiger partial charge in [-0.1, -0.05) is 22.9 Å². The minimum absolute atomic E-state index is 0.251. The van der Waals surface area contributed by atoms with Crippen LogP contribution in [0.4, 0.5) is 0 Å². The maximum Gasteiger partial charge on any atom is 0.254 e. The highest BCUT2D eigenvalue weighted by Gasteiger charge is 2.30. The van der Waals surface area contributed by atoms with Gasteiger partial charge in [0.25, 0.3) is 10.0 Å². The molecule has 0 amide bonds. The van der Waals surface area contributed by atoms with E-state index < -0.39 is 10.0 Å². The van der Waals surface area contributed by atoms with Crippen LogP contribution in [0.15, 0.2) is 4.21 Å². The summed E-state index contributed by atoms with van der Waals surface area (Å²) in [6.45, 7) is 3.21. The molecule has 108 valence electrons. The Balaban J connectivity index is 2.17. The van der Waals surface area contributed by atoms with Crippen LogP contribution in [-0.2, 0) is 10.0 Å². The first-order valence-electron chi connectivity index (χ1n) is 6.12. The van der Waals surface area contributed by atoms with Gasteiger partial charge in [-0.15, -0.1) is 0 Å². The molecule has 2 heterocycles. The van der Waals surface area contributed by atoms with Crippen molar-refractivity contribution >= 4 is 33.0 Å². The normalized spacial score (nSPS) is 21.4. The topological polar surface area (TPSA) is 53.5 Å². The van der Waals surface area contributed by atoms with E-state index in [2.05, 4.69) is 9.88 Å². The molecular weight excluding hydrogens is 306 g/mol. The van der Waals surface area contributed by atoms with Crippen LogP contribution in [0.1, 0.15) is 18.5 Å². The van der Waals surface area contributed by atoms with Gasteiger partial charge in [-0.25, -0.2) is 13.4 Å². The smallest absolute Gasteiger partial charge is 0.254 e. The van der Waals surface area contributed by atoms with Gasteiger partial charge in [0.15, 0.2) is 8.68 Å². The maximum absolute atomic E-state index is 12.5. The van der Waals surface area contributed by atoms with E-state index in [0.717, 1.165) is 30.7 Å². The standard InChI is InChI=1S/C11H18ClN3O2S2/c1-8-10(18-11(12)13-8)19(16,17)15(3)7-9-5-4-6-14(9)2/h9H,4-7H2,1-3H3. The van der Waals surface area contributed by atoms with Crippen molar-refractivity contribution in [2.75, 3.05) is 27.2 Å². The Bertz CT molecular complexity index is 558. The Morgan fingerprint density at radius 3 is 2.74 bits per heavy atom. The molecule has 19 heavy (non-hydrogen) atoms. The Hall–Kier alpha value is -0.210. The lowest BCUT2D eigenvalue weighted by molar-refractivity contribution is 0.271. The second-order valence-corrected chi connectivity index (χ2v) is 8.72. The number of likely N-dealkylation sites (tertiary alicyclic amines) is 1. The number of likely N-dealkylation sites (N-methyl/N-ethyl adjacent to an activating group) is 2. The van der Waals surface area contributed by atoms with Crippen molar-refractivity contribution < 1.29 is 8.42 Å². The molecule has 0 radical (unpaired) electrons. The van der Waals surface area contributed by atoms with Crippen LogP contribution in [0.2, 0.25) is 4.47 Å². The van der Waals surface area contributed by atoms with Gasteiger partial charge in [0, 0.05) is 19.6 Å². The first-order valence-corrected chi connectivity index (χ1v) is 8.75. The fourth-order valence-electron chi connectivity index (χ4n) is 2.34. The number of halogens is 1. The number of aromatic nitrogens is 1. The third-order valence-corrected chi connectivity index (χ3v) is 7.18. The lowest BCUT2D eigenvalue weighted by Gasteiger charge is -2.25. The van der Waals surface area contributed by atoms with Gasteiger partial charge in [0.05, 0.1) is 5.69 Å². The number of hydrogen-bond donors (Lipinski definition) is 0. The summed E-state index contributed by atoms with van der Waals surface area (Å²) >= 11 is 6.81. The highest BCUT2D eigenvalue weighted by Crippen LogP contribution is 2.29. The van der Waals surface area contributed by atoms with Crippen molar-refractivity contribution in [1.29, 1.82) is 0 Å². The molecule has 8 heteroatoms. The Kier molecular flexibility index (Phi) is 4.52. The van der Waals surface area contributed by atoms with Gasteiger partial charge in [-0.05, 0) is 33.4 Å². The third-order valence-electron chi connectivity index (χ3n) is 3.51. The third kappa shape index (κ3) is 3.11. The van der Waals surface area contributed by atoms with E-state index in [9.17, 15) is 8.42 Å². The van der Waals surface area contributed by atoms with Crippen molar-refractivity contribution in [1.82, 2.24) is 14.2 Å². The molecule has 1 aliphatic rings. The van der Waals surface area contributed by atoms with E-state index in [4.69, 9.17) is 11.6 Å². The van der Waals surface area contributed by atoms with E-state index in [1.54, 1.807) is 14.0 Å². The number of hydrogen-bond acceptors (Lipinski definition) is 5. The average Bonchev–Trinajstić information content (AvgIpc) is 2.86. The van der Waals surface area contributed by atoms with Crippen molar-refractivity contribution in [2.24, 2.45) is 0 Å². The molecule has 1 aliphatic heterocycles. The number of thiazole rings is 1. The van der Waals surface area contributed by atoms with Crippen LogP contribution in [-0.4, -0.2) is 55.8 Å². The first kappa shape index (κ1) is 15.2. The summed E-state index contributed by atoms with van der Waals surface area (Å²) in [5.74, 6) is 0. The molecule has 2 rings (SSSR count). The van der Waals surface area contributed by atoms with Crippen molar-refractivity contribution in [3.8, 4) is 0 Å². The quantitative estimate of drug-likeness (QED) is 0.848. The van der Waals surface area contributed by atoms with Gasteiger partial charge >= 0.3 is 0 Å². The van der Waals surface area contributed by atoms with E-state index in [-0.39, 0.29) is 8.68 Å². The highest BCUT2D eigenvalue weighted by atomic mass is 35.5. The van der Waals surface area contributed by atoms with Crippen LogP contribution < -0.4 is 0 Å². The second kappa shape index (κ2) is 5.65. The molecule has 1 atom stereocenters. The minimum atomic E-state index is -3.48. The number of rotatable bonds is 4. The van der Waals surface area contributed by atoms with E-state index in [1.165, 1.54) is 4.31 Å². The van der Waals surface area contributed by atoms with E-state index in [1.807, 2.05) is 7.05 Å². The minimum Gasteiger partial charge on any atom is -0.302 e. The molecule has 0 N–H and O–H groups in total. The van der Waals surface area contributed by atoms with Crippen molar-refractivity contribution in [2.45, 2.75) is 30.0 Å². The van der Waals surface area contributed by atoms with E-state index in [0.29, 0.717) is 18.3 Å². The van der Waals surface area contributed by atoms with Crippen LogP contribution in [0.25, 0.3) is 0 Å². The lowest BCUT2D eigenvalue weighted by atomic mass is 10.2. The summed E-state index contributed by atoms with van der Waals surface area (Å²) in [6, 6.07) is 0.295. The largest absolute Gasteiger partial charge is 0.302 e. The van der Waals surface area contributed by atoms with Crippen molar-refractivity contribution in [3.63, 3.8) is 0 Å². The highest BCUT2D eigenvalue weighted by molar-refractivity contribution is 7.91. The number of aryl methyl sites for hydroxylation is 1. The predicted octanol–water partition coefficient (Wildman–Crippen LogP) is 1.82. The lowest BCUT2D eigenvalue weighted by Crippen LogP contribution is -2.39. The van der Waals surface area contributed by atoms with Gasteiger partial charge < -0.3 is 4.90 Å². The van der Waals surface area contributed by atoms with Crippen LogP contribution in [0.5, 0.6) is 0 Å². The fourth-order valence-corrected chi connectivity index (χ4v) is 5.47. The molecule has 1 aromatic heterocycles. The van der Waals surface area contributed by atoms with Crippen LogP contribution in [0, 0.1) is 6.92 Å².